The van der Waals surface area contributed by atoms with Gasteiger partial charge in [-0.15, -0.1) is 0 Å². The van der Waals surface area contributed by atoms with Crippen molar-refractivity contribution in [1.29, 1.82) is 5.26 Å². The van der Waals surface area contributed by atoms with Crippen molar-refractivity contribution in [3.8, 4) is 6.07 Å². The molecule has 1 unspecified atom stereocenters. The average molecular weight is 182 g/mol. The van der Waals surface area contributed by atoms with E-state index in [9.17, 15) is 4.79 Å². The van der Waals surface area contributed by atoms with Crippen LogP contribution >= 0.6 is 0 Å². The number of methoxy groups -OCH3 is 1. The molecule has 0 aromatic heterocycles. The summed E-state index contributed by atoms with van der Waals surface area (Å²) in [6, 6.07) is 2.11. The van der Waals surface area contributed by atoms with Gasteiger partial charge in [-0.05, 0) is 6.92 Å². The average Bonchev–Trinajstić information content (AvgIpc) is 2.13. The van der Waals surface area contributed by atoms with Crippen molar-refractivity contribution in [3.63, 3.8) is 0 Å². The molecule has 1 atom stereocenters. The second-order valence-corrected chi connectivity index (χ2v) is 2.81. The van der Waals surface area contributed by atoms with E-state index >= 15 is 0 Å². The number of rotatable bonds is 4. The highest BCUT2D eigenvalue weighted by Crippen LogP contribution is 1.96. The summed E-state index contributed by atoms with van der Waals surface area (Å²) >= 11 is 0. The first-order valence-electron chi connectivity index (χ1n) is 3.96. The van der Waals surface area contributed by atoms with E-state index in [1.165, 1.54) is 13.2 Å². The molecule has 0 saturated carbocycles. The molecule has 4 heteroatoms. The number of carbonyl (C=O) groups excluding carboxylic acids is 1. The first-order valence-corrected chi connectivity index (χ1v) is 3.96. The molecule has 0 aromatic rings. The summed E-state index contributed by atoms with van der Waals surface area (Å²) in [6.45, 7) is 2.42. The Bertz CT molecular complexity index is 230. The molecule has 0 aromatic carbocycles. The Morgan fingerprint density at radius 1 is 1.77 bits per heavy atom. The first-order chi connectivity index (χ1) is 6.10. The topological polar surface area (TPSA) is 53.3 Å². The smallest absolute Gasteiger partial charge is 0.331 e. The highest BCUT2D eigenvalue weighted by molar-refractivity contribution is 5.81. The Labute approximate surface area is 78.4 Å². The van der Waals surface area contributed by atoms with E-state index in [-0.39, 0.29) is 5.92 Å². The van der Waals surface area contributed by atoms with E-state index in [2.05, 4.69) is 10.8 Å². The van der Waals surface area contributed by atoms with Gasteiger partial charge in [0.05, 0.1) is 19.1 Å². The zero-order valence-corrected chi connectivity index (χ0v) is 8.15. The summed E-state index contributed by atoms with van der Waals surface area (Å²) in [7, 11) is 3.12. The fourth-order valence-electron chi connectivity index (χ4n) is 0.790. The second-order valence-electron chi connectivity index (χ2n) is 2.81. The molecule has 0 aliphatic heterocycles. The molecule has 72 valence electrons. The van der Waals surface area contributed by atoms with E-state index in [1.807, 2.05) is 6.92 Å². The van der Waals surface area contributed by atoms with Gasteiger partial charge in [-0.2, -0.15) is 5.26 Å². The van der Waals surface area contributed by atoms with E-state index in [0.717, 1.165) is 0 Å². The van der Waals surface area contributed by atoms with Gasteiger partial charge in [0.1, 0.15) is 0 Å². The van der Waals surface area contributed by atoms with Gasteiger partial charge in [-0.25, -0.2) is 4.79 Å². The van der Waals surface area contributed by atoms with E-state index in [1.54, 1.807) is 18.1 Å². The summed E-state index contributed by atoms with van der Waals surface area (Å²) in [6.07, 6.45) is 2.92. The SMILES string of the molecule is COC(=O)/C=C/N(C)CC(C)C#N. The molecule has 0 bridgehead atoms. The molecular formula is C9H14N2O2. The van der Waals surface area contributed by atoms with Crippen molar-refractivity contribution in [2.75, 3.05) is 20.7 Å². The number of nitrogens with zero attached hydrogens (tertiary/aromatic N) is 2. The molecule has 0 aliphatic rings. The number of esters is 1. The van der Waals surface area contributed by atoms with Crippen molar-refractivity contribution in [1.82, 2.24) is 4.90 Å². The summed E-state index contributed by atoms with van der Waals surface area (Å²) in [5, 5.41) is 8.51. The van der Waals surface area contributed by atoms with Gasteiger partial charge in [0.2, 0.25) is 0 Å². The number of ether oxygens (including phenoxy) is 1. The molecular weight excluding hydrogens is 168 g/mol. The second kappa shape index (κ2) is 6.06. The maximum atomic E-state index is 10.7. The highest BCUT2D eigenvalue weighted by atomic mass is 16.5. The van der Waals surface area contributed by atoms with Crippen LogP contribution in [0.1, 0.15) is 6.92 Å². The Morgan fingerprint density at radius 3 is 2.85 bits per heavy atom. The third-order valence-corrected chi connectivity index (χ3v) is 1.45. The Balaban J connectivity index is 3.87. The minimum atomic E-state index is -0.392. The maximum Gasteiger partial charge on any atom is 0.331 e. The third kappa shape index (κ3) is 5.74. The van der Waals surface area contributed by atoms with E-state index in [4.69, 9.17) is 5.26 Å². The Morgan fingerprint density at radius 2 is 2.38 bits per heavy atom. The van der Waals surface area contributed by atoms with Crippen LogP contribution in [0, 0.1) is 17.2 Å². The van der Waals surface area contributed by atoms with Crippen molar-refractivity contribution in [2.24, 2.45) is 5.92 Å². The quantitative estimate of drug-likeness (QED) is 0.476. The van der Waals surface area contributed by atoms with Gasteiger partial charge >= 0.3 is 5.97 Å². The molecule has 0 radical (unpaired) electrons. The third-order valence-electron chi connectivity index (χ3n) is 1.45. The van der Waals surface area contributed by atoms with Crippen LogP contribution in [0.5, 0.6) is 0 Å². The lowest BCUT2D eigenvalue weighted by atomic mass is 10.2. The molecule has 0 fully saturated rings. The Hall–Kier alpha value is -1.50. The summed E-state index contributed by atoms with van der Waals surface area (Å²) in [4.78, 5) is 12.4. The molecule has 0 N–H and O–H groups in total. The zero-order valence-electron chi connectivity index (χ0n) is 8.15. The van der Waals surface area contributed by atoms with E-state index < -0.39 is 5.97 Å². The molecule has 0 saturated heterocycles. The van der Waals surface area contributed by atoms with Crippen molar-refractivity contribution in [3.05, 3.63) is 12.3 Å². The lowest BCUT2D eigenvalue weighted by Crippen LogP contribution is -2.18. The number of hydrogen-bond acceptors (Lipinski definition) is 4. The van der Waals surface area contributed by atoms with Gasteiger partial charge in [0.15, 0.2) is 0 Å². The standard InChI is InChI=1S/C9H14N2O2/c1-8(6-10)7-11(2)5-4-9(12)13-3/h4-5,8H,7H2,1-3H3/b5-4+. The monoisotopic (exact) mass is 182 g/mol. The molecule has 0 heterocycles. The van der Waals surface area contributed by atoms with Crippen LogP contribution in [0.25, 0.3) is 0 Å². The summed E-state index contributed by atoms with van der Waals surface area (Å²) < 4.78 is 4.41. The molecule has 0 aliphatic carbocycles. The van der Waals surface area contributed by atoms with Crippen LogP contribution in [0.2, 0.25) is 0 Å². The van der Waals surface area contributed by atoms with Crippen LogP contribution in [0.3, 0.4) is 0 Å². The van der Waals surface area contributed by atoms with Crippen molar-refractivity contribution >= 4 is 5.97 Å². The van der Waals surface area contributed by atoms with Crippen molar-refractivity contribution in [2.45, 2.75) is 6.92 Å². The lowest BCUT2D eigenvalue weighted by molar-refractivity contribution is -0.134. The van der Waals surface area contributed by atoms with Crippen molar-refractivity contribution < 1.29 is 9.53 Å². The number of carbonyl (C=O) groups is 1. The normalized spacial score (nSPS) is 12.2. The van der Waals surface area contributed by atoms with Crippen LogP contribution in [0.4, 0.5) is 0 Å². The first kappa shape index (κ1) is 11.5. The molecule has 0 amide bonds. The molecule has 13 heavy (non-hydrogen) atoms. The summed E-state index contributed by atoms with van der Waals surface area (Å²) in [5.41, 5.74) is 0. The van der Waals surface area contributed by atoms with Crippen LogP contribution in [0.15, 0.2) is 12.3 Å². The fraction of sp³-hybridized carbons (Fsp3) is 0.556. The van der Waals surface area contributed by atoms with Gasteiger partial charge in [0, 0.05) is 25.9 Å². The largest absolute Gasteiger partial charge is 0.466 e. The molecule has 4 nitrogen and oxygen atoms in total. The minimum Gasteiger partial charge on any atom is -0.466 e. The van der Waals surface area contributed by atoms with Gasteiger partial charge < -0.3 is 9.64 Å². The number of hydrogen-bond donors (Lipinski definition) is 0. The van der Waals surface area contributed by atoms with Crippen LogP contribution in [-0.2, 0) is 9.53 Å². The lowest BCUT2D eigenvalue weighted by Gasteiger charge is -2.14. The Kier molecular flexibility index (Phi) is 5.37. The van der Waals surface area contributed by atoms with E-state index in [0.29, 0.717) is 6.54 Å². The van der Waals surface area contributed by atoms with Crippen LogP contribution < -0.4 is 0 Å². The fourth-order valence-corrected chi connectivity index (χ4v) is 0.790. The minimum absolute atomic E-state index is 0.0488. The van der Waals surface area contributed by atoms with Gasteiger partial charge in [-0.3, -0.25) is 0 Å². The predicted molar refractivity (Wildman–Crippen MR) is 48.6 cm³/mol. The molecule has 0 spiro atoms. The van der Waals surface area contributed by atoms with Crippen LogP contribution in [-0.4, -0.2) is 31.6 Å². The van der Waals surface area contributed by atoms with Gasteiger partial charge in [-0.1, -0.05) is 0 Å². The predicted octanol–water partition coefficient (Wildman–Crippen LogP) is 0.765. The van der Waals surface area contributed by atoms with Gasteiger partial charge in [0.25, 0.3) is 0 Å². The molecule has 0 rings (SSSR count). The highest BCUT2D eigenvalue weighted by Gasteiger charge is 2.01. The maximum absolute atomic E-state index is 10.7. The number of nitriles is 1. The zero-order chi connectivity index (χ0) is 10.3. The summed E-state index contributed by atoms with van der Waals surface area (Å²) in [5.74, 6) is -0.441.